The van der Waals surface area contributed by atoms with Crippen LogP contribution in [0.4, 0.5) is 4.39 Å². The zero-order chi connectivity index (χ0) is 14.2. The van der Waals surface area contributed by atoms with Crippen LogP contribution in [0.2, 0.25) is 0 Å². The van der Waals surface area contributed by atoms with E-state index in [2.05, 4.69) is 27.3 Å². The molecule has 0 atom stereocenters. The summed E-state index contributed by atoms with van der Waals surface area (Å²) in [4.78, 5) is 6.56. The van der Waals surface area contributed by atoms with Crippen molar-refractivity contribution in [3.8, 4) is 5.75 Å². The Balaban J connectivity index is 1.60. The van der Waals surface area contributed by atoms with Crippen LogP contribution in [0.3, 0.4) is 0 Å². The first-order valence-corrected chi connectivity index (χ1v) is 7.36. The van der Waals surface area contributed by atoms with Gasteiger partial charge in [0.05, 0.1) is 17.8 Å². The van der Waals surface area contributed by atoms with Gasteiger partial charge in [-0.05, 0) is 55.7 Å². The summed E-state index contributed by atoms with van der Waals surface area (Å²) in [5.41, 5.74) is 0. The molecule has 20 heavy (non-hydrogen) atoms. The van der Waals surface area contributed by atoms with Crippen LogP contribution < -0.4 is 4.74 Å². The molecule has 1 aliphatic heterocycles. The molecule has 1 aliphatic rings. The van der Waals surface area contributed by atoms with Crippen molar-refractivity contribution >= 4 is 17.4 Å². The predicted molar refractivity (Wildman–Crippen MR) is 81.0 cm³/mol. The summed E-state index contributed by atoms with van der Waals surface area (Å²) in [6.45, 7) is 3.79. The molecule has 0 spiro atoms. The molecule has 0 N–H and O–H groups in total. The number of aliphatic imine (C=N–C) groups is 1. The van der Waals surface area contributed by atoms with E-state index in [1.807, 2.05) is 0 Å². The fourth-order valence-corrected chi connectivity index (χ4v) is 2.50. The quantitative estimate of drug-likeness (QED) is 0.458. The van der Waals surface area contributed by atoms with Crippen molar-refractivity contribution in [3.05, 3.63) is 30.1 Å². The second kappa shape index (κ2) is 8.10. The Bertz CT molecular complexity index is 451. The van der Waals surface area contributed by atoms with Gasteiger partial charge in [-0.15, -0.1) is 0 Å². The largest absolute Gasteiger partial charge is 0.494 e. The molecule has 0 unspecified atom stereocenters. The lowest BCUT2D eigenvalue weighted by Crippen LogP contribution is -2.36. The molecular weight excluding hydrogens is 275 g/mol. The normalized spacial score (nSPS) is 16.6. The van der Waals surface area contributed by atoms with E-state index in [-0.39, 0.29) is 5.82 Å². The molecule has 0 aromatic heterocycles. The highest BCUT2D eigenvalue weighted by atomic mass is 32.1. The van der Waals surface area contributed by atoms with E-state index in [1.165, 1.54) is 12.1 Å². The molecule has 2 rings (SSSR count). The van der Waals surface area contributed by atoms with Gasteiger partial charge in [0.25, 0.3) is 0 Å². The number of hydrogen-bond donors (Lipinski definition) is 0. The minimum Gasteiger partial charge on any atom is -0.494 e. The summed E-state index contributed by atoms with van der Waals surface area (Å²) in [6.07, 6.45) is 3.09. The van der Waals surface area contributed by atoms with Crippen molar-refractivity contribution < 1.29 is 9.13 Å². The second-order valence-corrected chi connectivity index (χ2v) is 5.13. The Hall–Kier alpha value is -1.29. The van der Waals surface area contributed by atoms with E-state index < -0.39 is 0 Å². The van der Waals surface area contributed by atoms with Crippen LogP contribution in [-0.2, 0) is 0 Å². The lowest BCUT2D eigenvalue weighted by Gasteiger charge is -2.29. The molecule has 1 aromatic rings. The molecule has 0 aliphatic carbocycles. The number of hydrogen-bond acceptors (Lipinski definition) is 4. The number of likely N-dealkylation sites (tertiary alicyclic amines) is 1. The van der Waals surface area contributed by atoms with Crippen LogP contribution in [-0.4, -0.2) is 42.3 Å². The topological polar surface area (TPSA) is 24.8 Å². The van der Waals surface area contributed by atoms with Crippen molar-refractivity contribution in [3.63, 3.8) is 0 Å². The van der Waals surface area contributed by atoms with Crippen LogP contribution in [0.5, 0.6) is 5.75 Å². The molecule has 1 aromatic carbocycles. The minimum atomic E-state index is -0.237. The molecule has 5 heteroatoms. The number of rotatable bonds is 6. The van der Waals surface area contributed by atoms with Gasteiger partial charge in [-0.25, -0.2) is 9.38 Å². The highest BCUT2D eigenvalue weighted by Gasteiger charge is 2.17. The van der Waals surface area contributed by atoms with Crippen molar-refractivity contribution in [1.82, 2.24) is 4.90 Å². The lowest BCUT2D eigenvalue weighted by atomic mass is 10.1. The van der Waals surface area contributed by atoms with Gasteiger partial charge in [0.2, 0.25) is 0 Å². The van der Waals surface area contributed by atoms with Gasteiger partial charge >= 0.3 is 0 Å². The highest BCUT2D eigenvalue weighted by Crippen LogP contribution is 2.14. The third-order valence-electron chi connectivity index (χ3n) is 3.49. The predicted octanol–water partition coefficient (Wildman–Crippen LogP) is 3.16. The highest BCUT2D eigenvalue weighted by molar-refractivity contribution is 7.78. The number of isothiocyanates is 1. The van der Waals surface area contributed by atoms with E-state index in [9.17, 15) is 4.39 Å². The number of ether oxygens (including phenoxy) is 1. The third-order valence-corrected chi connectivity index (χ3v) is 3.60. The number of benzene rings is 1. The maximum absolute atomic E-state index is 12.7. The maximum atomic E-state index is 12.7. The van der Waals surface area contributed by atoms with Gasteiger partial charge in [-0.2, -0.15) is 0 Å². The van der Waals surface area contributed by atoms with Crippen molar-refractivity contribution in [2.24, 2.45) is 4.99 Å². The van der Waals surface area contributed by atoms with Gasteiger partial charge in [-0.3, -0.25) is 0 Å². The summed E-state index contributed by atoms with van der Waals surface area (Å²) in [5, 5.41) is 2.47. The van der Waals surface area contributed by atoms with Gasteiger partial charge < -0.3 is 9.64 Å². The van der Waals surface area contributed by atoms with Crippen molar-refractivity contribution in [1.29, 1.82) is 0 Å². The SMILES string of the molecule is Fc1ccc(OCCCN2CCC(N=C=S)CC2)cc1. The van der Waals surface area contributed by atoms with E-state index >= 15 is 0 Å². The van der Waals surface area contributed by atoms with E-state index in [0.29, 0.717) is 12.6 Å². The Morgan fingerprint density at radius 2 is 2.00 bits per heavy atom. The van der Waals surface area contributed by atoms with Crippen molar-refractivity contribution in [2.45, 2.75) is 25.3 Å². The zero-order valence-electron chi connectivity index (χ0n) is 11.4. The first kappa shape index (κ1) is 15.1. The lowest BCUT2D eigenvalue weighted by molar-refractivity contribution is 0.194. The van der Waals surface area contributed by atoms with Crippen LogP contribution in [0, 0.1) is 5.82 Å². The number of nitrogens with zero attached hydrogens (tertiary/aromatic N) is 2. The van der Waals surface area contributed by atoms with Gasteiger partial charge in [0, 0.05) is 19.6 Å². The molecule has 0 bridgehead atoms. The first-order valence-electron chi connectivity index (χ1n) is 6.95. The molecule has 1 fully saturated rings. The minimum absolute atomic E-state index is 0.237. The second-order valence-electron chi connectivity index (χ2n) is 4.95. The summed E-state index contributed by atoms with van der Waals surface area (Å²) >= 11 is 4.63. The number of piperidine rings is 1. The summed E-state index contributed by atoms with van der Waals surface area (Å²) < 4.78 is 18.3. The molecule has 3 nitrogen and oxygen atoms in total. The number of halogens is 1. The van der Waals surface area contributed by atoms with E-state index in [4.69, 9.17) is 4.74 Å². The van der Waals surface area contributed by atoms with E-state index in [0.717, 1.165) is 44.6 Å². The summed E-state index contributed by atoms with van der Waals surface area (Å²) in [6, 6.07) is 6.50. The van der Waals surface area contributed by atoms with Crippen LogP contribution >= 0.6 is 12.2 Å². The molecule has 0 saturated carbocycles. The van der Waals surface area contributed by atoms with Gasteiger partial charge in [0.1, 0.15) is 11.6 Å². The Morgan fingerprint density at radius 3 is 2.65 bits per heavy atom. The summed E-state index contributed by atoms with van der Waals surface area (Å²) in [7, 11) is 0. The molecule has 108 valence electrons. The third kappa shape index (κ3) is 5.00. The monoisotopic (exact) mass is 294 g/mol. The van der Waals surface area contributed by atoms with Crippen LogP contribution in [0.15, 0.2) is 29.3 Å². The molecule has 1 saturated heterocycles. The Kier molecular flexibility index (Phi) is 6.12. The van der Waals surface area contributed by atoms with Crippen LogP contribution in [0.25, 0.3) is 0 Å². The Labute approximate surface area is 124 Å². The first-order chi connectivity index (χ1) is 9.78. The van der Waals surface area contributed by atoms with E-state index in [1.54, 1.807) is 12.1 Å². The molecule has 0 amide bonds. The molecule has 1 heterocycles. The van der Waals surface area contributed by atoms with Crippen molar-refractivity contribution in [2.75, 3.05) is 26.2 Å². The average molecular weight is 294 g/mol. The number of thiocarbonyl (C=S) groups is 1. The maximum Gasteiger partial charge on any atom is 0.123 e. The molecular formula is C15H19FN2OS. The fourth-order valence-electron chi connectivity index (χ4n) is 2.36. The Morgan fingerprint density at radius 1 is 1.30 bits per heavy atom. The summed E-state index contributed by atoms with van der Waals surface area (Å²) in [5.74, 6) is 0.486. The standard InChI is InChI=1S/C15H19FN2OS/c16-13-2-4-15(5-3-13)19-11-1-8-18-9-6-14(7-10-18)17-12-20/h2-5,14H,1,6-11H2. The molecule has 0 radical (unpaired) electrons. The fraction of sp³-hybridized carbons (Fsp3) is 0.533. The van der Waals surface area contributed by atoms with Gasteiger partial charge in [0.15, 0.2) is 0 Å². The smallest absolute Gasteiger partial charge is 0.123 e. The average Bonchev–Trinajstić information content (AvgIpc) is 2.47. The van der Waals surface area contributed by atoms with Gasteiger partial charge in [-0.1, -0.05) is 0 Å². The van der Waals surface area contributed by atoms with Crippen LogP contribution in [0.1, 0.15) is 19.3 Å². The zero-order valence-corrected chi connectivity index (χ0v) is 12.2.